The minimum Gasteiger partial charge on any atom is -0.497 e. The summed E-state index contributed by atoms with van der Waals surface area (Å²) in [6.45, 7) is 6.90. The third kappa shape index (κ3) is 6.78. The van der Waals surface area contributed by atoms with Gasteiger partial charge in [0.25, 0.3) is 0 Å². The monoisotopic (exact) mass is 732 g/mol. The third-order valence-corrected chi connectivity index (χ3v) is 9.04. The molecule has 6 aromatic rings. The first-order valence-electron chi connectivity index (χ1n) is 19.3. The van der Waals surface area contributed by atoms with Gasteiger partial charge in [0.2, 0.25) is 0 Å². The molecule has 54 heavy (non-hydrogen) atoms. The van der Waals surface area contributed by atoms with Crippen LogP contribution >= 0.6 is 0 Å². The maximum absolute atomic E-state index is 14.3. The Balaban J connectivity index is 1.93. The number of hydrogen-bond acceptors (Lipinski definition) is 8. The molecule has 2 heterocycles. The highest BCUT2D eigenvalue weighted by Gasteiger charge is 2.34. The van der Waals surface area contributed by atoms with Crippen LogP contribution < -0.4 is 18.9 Å². The molecule has 0 spiro atoms. The molecule has 0 saturated heterocycles. The molecule has 0 aliphatic heterocycles. The van der Waals surface area contributed by atoms with Crippen LogP contribution in [0.3, 0.4) is 0 Å². The number of methoxy groups -OCH3 is 4. The maximum Gasteiger partial charge on any atom is 0.340 e. The molecule has 6 rings (SSSR count). The predicted octanol–water partition coefficient (Wildman–Crippen LogP) is 9.27. The normalized spacial score (nSPS) is 11.9. The summed E-state index contributed by atoms with van der Waals surface area (Å²) < 4.78 is 73.7. The molecule has 0 fully saturated rings. The average molecular weight is 733 g/mol. The van der Waals surface area contributed by atoms with E-state index in [-0.39, 0.29) is 59.6 Å². The fraction of sp³-hybridized carbons (Fsp3) is 0.227. The molecule has 0 amide bonds. The van der Waals surface area contributed by atoms with E-state index in [2.05, 4.69) is 0 Å². The Morgan fingerprint density at radius 1 is 0.500 bits per heavy atom. The van der Waals surface area contributed by atoms with Crippen molar-refractivity contribution in [2.24, 2.45) is 0 Å². The van der Waals surface area contributed by atoms with Crippen molar-refractivity contribution in [3.05, 3.63) is 119 Å². The van der Waals surface area contributed by atoms with E-state index >= 15 is 0 Å². The van der Waals surface area contributed by atoms with Crippen molar-refractivity contribution in [2.45, 2.75) is 27.7 Å². The number of carbonyl (C=O) groups is 2. The van der Waals surface area contributed by atoms with Gasteiger partial charge >= 0.3 is 11.9 Å². The third-order valence-electron chi connectivity index (χ3n) is 9.04. The lowest BCUT2D eigenvalue weighted by Gasteiger charge is -2.21. The Morgan fingerprint density at radius 3 is 1.06 bits per heavy atom. The molecular weight excluding hydrogens is 684 g/mol. The molecule has 2 aromatic heterocycles. The van der Waals surface area contributed by atoms with Gasteiger partial charge in [-0.2, -0.15) is 0 Å². The van der Waals surface area contributed by atoms with Crippen molar-refractivity contribution in [2.75, 3.05) is 41.7 Å². The lowest BCUT2D eigenvalue weighted by Crippen LogP contribution is -2.17. The zero-order valence-corrected chi connectivity index (χ0v) is 31.5. The molecule has 0 aliphatic rings. The molecular formula is C44H44N2O8. The molecule has 0 N–H and O–H groups in total. The Kier molecular flexibility index (Phi) is 9.60. The molecule has 0 radical (unpaired) electrons. The van der Waals surface area contributed by atoms with Gasteiger partial charge in [0, 0.05) is 22.3 Å². The van der Waals surface area contributed by atoms with E-state index in [0.29, 0.717) is 68.0 Å². The number of esters is 2. The summed E-state index contributed by atoms with van der Waals surface area (Å²) in [5.74, 6) is 0.329. The zero-order chi connectivity index (χ0) is 42.0. The van der Waals surface area contributed by atoms with Gasteiger partial charge in [-0.15, -0.1) is 0 Å². The van der Waals surface area contributed by atoms with Crippen molar-refractivity contribution >= 4 is 11.9 Å². The fourth-order valence-corrected chi connectivity index (χ4v) is 6.54. The molecule has 0 unspecified atom stereocenters. The number of benzene rings is 4. The van der Waals surface area contributed by atoms with E-state index in [1.165, 1.54) is 40.6 Å². The van der Waals surface area contributed by atoms with Crippen molar-refractivity contribution in [1.29, 1.82) is 0 Å². The summed E-state index contributed by atoms with van der Waals surface area (Å²) in [6, 6.07) is 19.7. The minimum absolute atomic E-state index is 0.0289. The number of nitrogens with zero attached hydrogens (tertiary/aromatic N) is 2. The highest BCUT2D eigenvalue weighted by molar-refractivity contribution is 6.06. The second-order valence-corrected chi connectivity index (χ2v) is 12.0. The van der Waals surface area contributed by atoms with Crippen LogP contribution in [0.15, 0.2) is 97.0 Å². The first-order chi connectivity index (χ1) is 27.8. The topological polar surface area (TPSA) is 99.4 Å². The highest BCUT2D eigenvalue weighted by Crippen LogP contribution is 2.46. The van der Waals surface area contributed by atoms with Crippen LogP contribution in [0.25, 0.3) is 44.8 Å². The van der Waals surface area contributed by atoms with Crippen LogP contribution in [0.1, 0.15) is 51.4 Å². The Bertz CT molecular complexity index is 2380. The van der Waals surface area contributed by atoms with E-state index in [1.807, 2.05) is 0 Å². The highest BCUT2D eigenvalue weighted by atomic mass is 16.5. The number of aromatic nitrogens is 2. The maximum atomic E-state index is 14.3. The number of ether oxygens (including phenoxy) is 6. The van der Waals surface area contributed by atoms with Crippen LogP contribution in [0.5, 0.6) is 23.0 Å². The fourth-order valence-electron chi connectivity index (χ4n) is 6.54. The lowest BCUT2D eigenvalue weighted by molar-refractivity contribution is 0.0515. The molecule has 0 saturated carbocycles. The summed E-state index contributed by atoms with van der Waals surface area (Å²) in [5.41, 5.74) is 3.40. The quantitative estimate of drug-likeness (QED) is 0.108. The number of hydrogen-bond donors (Lipinski definition) is 0. The molecule has 10 heteroatoms. The zero-order valence-electron chi connectivity index (χ0n) is 35.5. The second-order valence-electron chi connectivity index (χ2n) is 12.0. The Labute approximate surface area is 321 Å². The van der Waals surface area contributed by atoms with E-state index < -0.39 is 11.9 Å². The van der Waals surface area contributed by atoms with Crippen LogP contribution in [-0.2, 0) is 9.47 Å². The first kappa shape index (κ1) is 32.2. The molecule has 0 aliphatic carbocycles. The molecule has 0 atom stereocenters. The average Bonchev–Trinajstić information content (AvgIpc) is 3.66. The van der Waals surface area contributed by atoms with Crippen LogP contribution in [-0.4, -0.2) is 62.9 Å². The number of rotatable bonds is 13. The number of carbonyl (C=O) groups excluding carboxylic acids is 2. The summed E-state index contributed by atoms with van der Waals surface area (Å²) in [5, 5.41) is 0. The van der Waals surface area contributed by atoms with E-state index in [9.17, 15) is 15.1 Å². The van der Waals surface area contributed by atoms with Crippen LogP contribution in [0, 0.1) is 13.8 Å². The SMILES string of the molecule is [2H]c1cc(OC)ccc1-c1c(C(=O)OCC)c(C)n(-n2c(C)c(C(=O)OCC)c(-c3ccc(OC)cc3[2H])c2-c2ccc(OC)cc2[2H])c1-c1ccc(OC)cc1[2H]. The smallest absolute Gasteiger partial charge is 0.340 e. The van der Waals surface area contributed by atoms with Gasteiger partial charge in [-0.25, -0.2) is 9.59 Å². The van der Waals surface area contributed by atoms with Gasteiger partial charge in [0.15, 0.2) is 0 Å². The van der Waals surface area contributed by atoms with Gasteiger partial charge in [0.1, 0.15) is 23.0 Å². The van der Waals surface area contributed by atoms with Gasteiger partial charge in [-0.3, -0.25) is 9.35 Å². The standard InChI is InChI=1S/C44H44N2O8/c1-9-53-43(47)37-27(3)45(41(31-15-23-35(51-7)24-16-31)39(37)29-11-19-33(49-5)20-12-29)46-28(4)38(44(48)54-10-2)40(30-13-21-34(50-6)22-14-30)42(46)32-17-25-36(52-8)26-18-32/h11-26H,9-10H2,1-8H3/i11D,13D,15D,17D. The van der Waals surface area contributed by atoms with Gasteiger partial charge < -0.3 is 28.4 Å². The van der Waals surface area contributed by atoms with Gasteiger partial charge in [-0.1, -0.05) is 24.2 Å². The van der Waals surface area contributed by atoms with E-state index in [0.717, 1.165) is 0 Å². The van der Waals surface area contributed by atoms with Crippen LogP contribution in [0.4, 0.5) is 0 Å². The van der Waals surface area contributed by atoms with Gasteiger partial charge in [-0.05, 0) is 112 Å². The Hall–Kier alpha value is -6.42. The summed E-state index contributed by atoms with van der Waals surface area (Å²) in [4.78, 5) is 28.6. The predicted molar refractivity (Wildman–Crippen MR) is 209 cm³/mol. The van der Waals surface area contributed by atoms with Crippen molar-refractivity contribution < 1.29 is 43.5 Å². The minimum atomic E-state index is -0.684. The largest absolute Gasteiger partial charge is 0.497 e. The van der Waals surface area contributed by atoms with Crippen molar-refractivity contribution in [1.82, 2.24) is 9.35 Å². The van der Waals surface area contributed by atoms with Crippen molar-refractivity contribution in [3.8, 4) is 67.8 Å². The van der Waals surface area contributed by atoms with E-state index in [1.54, 1.807) is 97.7 Å². The molecule has 278 valence electrons. The summed E-state index contributed by atoms with van der Waals surface area (Å²) in [6.07, 6.45) is 0. The summed E-state index contributed by atoms with van der Waals surface area (Å²) >= 11 is 0. The molecule has 0 bridgehead atoms. The molecule has 10 nitrogen and oxygen atoms in total. The van der Waals surface area contributed by atoms with Gasteiger partial charge in [0.05, 0.1) is 81.0 Å². The Morgan fingerprint density at radius 2 is 0.796 bits per heavy atom. The molecule has 4 aromatic carbocycles. The van der Waals surface area contributed by atoms with Crippen LogP contribution in [0.2, 0.25) is 0 Å². The first-order valence-corrected chi connectivity index (χ1v) is 17.3. The summed E-state index contributed by atoms with van der Waals surface area (Å²) in [7, 11) is 5.98. The lowest BCUT2D eigenvalue weighted by atomic mass is 9.96. The van der Waals surface area contributed by atoms with Crippen molar-refractivity contribution in [3.63, 3.8) is 0 Å². The second kappa shape index (κ2) is 16.1. The van der Waals surface area contributed by atoms with E-state index in [4.69, 9.17) is 28.4 Å².